The van der Waals surface area contributed by atoms with Crippen molar-refractivity contribution in [1.29, 1.82) is 0 Å². The number of hydrogen-bond donors (Lipinski definition) is 2. The van der Waals surface area contributed by atoms with E-state index in [1.807, 2.05) is 19.1 Å². The number of likely N-dealkylation sites (tertiary alicyclic amines) is 1. The van der Waals surface area contributed by atoms with E-state index < -0.39 is 29.5 Å². The maximum Gasteiger partial charge on any atom is 0.303 e. The van der Waals surface area contributed by atoms with Gasteiger partial charge in [-0.2, -0.15) is 0 Å². The lowest BCUT2D eigenvalue weighted by atomic mass is 9.94. The summed E-state index contributed by atoms with van der Waals surface area (Å²) in [6.07, 6.45) is 1.64. The van der Waals surface area contributed by atoms with Crippen molar-refractivity contribution >= 4 is 23.4 Å². The van der Waals surface area contributed by atoms with E-state index in [-0.39, 0.29) is 29.9 Å². The van der Waals surface area contributed by atoms with Crippen LogP contribution in [0.3, 0.4) is 0 Å². The molecule has 1 saturated heterocycles. The number of rotatable bonds is 8. The van der Waals surface area contributed by atoms with Crippen molar-refractivity contribution in [3.63, 3.8) is 0 Å². The Morgan fingerprint density at radius 1 is 0.968 bits per heavy atom. The molecule has 0 aromatic heterocycles. The predicted molar refractivity (Wildman–Crippen MR) is 113 cm³/mol. The van der Waals surface area contributed by atoms with Crippen LogP contribution in [0.5, 0.6) is 0 Å². The van der Waals surface area contributed by atoms with Crippen molar-refractivity contribution in [2.24, 2.45) is 0 Å². The quantitative estimate of drug-likeness (QED) is 0.286. The maximum absolute atomic E-state index is 13.3. The number of carbonyl (C=O) groups is 3. The first-order chi connectivity index (χ1) is 14.8. The first-order valence-corrected chi connectivity index (χ1v) is 10.1. The molecule has 6 nitrogen and oxygen atoms in total. The summed E-state index contributed by atoms with van der Waals surface area (Å²) in [4.78, 5) is 37.8. The molecule has 31 heavy (non-hydrogen) atoms. The highest BCUT2D eigenvalue weighted by Crippen LogP contribution is 2.39. The van der Waals surface area contributed by atoms with Crippen molar-refractivity contribution in [3.8, 4) is 0 Å². The fourth-order valence-electron chi connectivity index (χ4n) is 3.70. The molecule has 2 N–H and O–H groups in total. The number of aliphatic hydroxyl groups is 1. The number of carbonyl (C=O) groups excluding carboxylic acids is 2. The number of Topliss-reactive ketones (excluding diaryl/α,β-unsaturated/α-hetero) is 1. The van der Waals surface area contributed by atoms with Crippen molar-refractivity contribution in [3.05, 3.63) is 76.6 Å². The average Bonchev–Trinajstić information content (AvgIpc) is 2.99. The maximum atomic E-state index is 13.3. The number of unbranched alkanes of at least 4 members (excludes halogenated alkanes) is 2. The average molecular weight is 425 g/mol. The van der Waals surface area contributed by atoms with Crippen LogP contribution in [0, 0.1) is 12.7 Å². The van der Waals surface area contributed by atoms with Crippen LogP contribution in [0.25, 0.3) is 5.76 Å². The molecule has 0 unspecified atom stereocenters. The highest BCUT2D eigenvalue weighted by Gasteiger charge is 2.45. The Labute approximate surface area is 179 Å². The van der Waals surface area contributed by atoms with Crippen molar-refractivity contribution in [1.82, 2.24) is 4.90 Å². The van der Waals surface area contributed by atoms with E-state index in [2.05, 4.69) is 0 Å². The van der Waals surface area contributed by atoms with E-state index in [4.69, 9.17) is 5.11 Å². The second kappa shape index (κ2) is 9.55. The molecule has 2 aromatic carbocycles. The van der Waals surface area contributed by atoms with Gasteiger partial charge in [-0.15, -0.1) is 0 Å². The molecule has 2 aromatic rings. The van der Waals surface area contributed by atoms with Crippen molar-refractivity contribution in [2.45, 2.75) is 38.6 Å². The summed E-state index contributed by atoms with van der Waals surface area (Å²) in [5, 5.41) is 19.6. The zero-order valence-electron chi connectivity index (χ0n) is 17.2. The number of nitrogens with zero attached hydrogens (tertiary/aromatic N) is 1. The number of carboxylic acids is 1. The van der Waals surface area contributed by atoms with Crippen LogP contribution in [0.15, 0.2) is 54.1 Å². The van der Waals surface area contributed by atoms with Gasteiger partial charge in [-0.25, -0.2) is 4.39 Å². The third-order valence-electron chi connectivity index (χ3n) is 5.34. The first kappa shape index (κ1) is 22.2. The van der Waals surface area contributed by atoms with Crippen LogP contribution in [-0.4, -0.2) is 39.3 Å². The van der Waals surface area contributed by atoms with Gasteiger partial charge in [0.2, 0.25) is 0 Å². The van der Waals surface area contributed by atoms with Gasteiger partial charge in [-0.3, -0.25) is 14.4 Å². The summed E-state index contributed by atoms with van der Waals surface area (Å²) in [5.74, 6) is -3.21. The molecule has 0 spiro atoms. The van der Waals surface area contributed by atoms with Crippen LogP contribution < -0.4 is 0 Å². The van der Waals surface area contributed by atoms with Gasteiger partial charge in [-0.1, -0.05) is 36.2 Å². The Kier molecular flexibility index (Phi) is 6.84. The van der Waals surface area contributed by atoms with E-state index in [0.29, 0.717) is 24.8 Å². The van der Waals surface area contributed by atoms with Crippen LogP contribution in [0.2, 0.25) is 0 Å². The summed E-state index contributed by atoms with van der Waals surface area (Å²) in [6, 6.07) is 11.6. The summed E-state index contributed by atoms with van der Waals surface area (Å²) in [6.45, 7) is 2.17. The molecule has 1 aliphatic rings. The van der Waals surface area contributed by atoms with Crippen LogP contribution in [-0.2, 0) is 14.4 Å². The van der Waals surface area contributed by atoms with E-state index in [9.17, 15) is 23.9 Å². The number of ketones is 1. The lowest BCUT2D eigenvalue weighted by Crippen LogP contribution is -2.30. The minimum Gasteiger partial charge on any atom is -0.507 e. The highest BCUT2D eigenvalue weighted by molar-refractivity contribution is 6.46. The molecule has 0 aliphatic carbocycles. The van der Waals surface area contributed by atoms with Crippen molar-refractivity contribution in [2.75, 3.05) is 6.54 Å². The van der Waals surface area contributed by atoms with Gasteiger partial charge in [0.25, 0.3) is 11.7 Å². The number of aryl methyl sites for hydroxylation is 1. The smallest absolute Gasteiger partial charge is 0.303 e. The predicted octanol–water partition coefficient (Wildman–Crippen LogP) is 4.20. The summed E-state index contributed by atoms with van der Waals surface area (Å²) >= 11 is 0. The number of aliphatic hydroxyl groups excluding tert-OH is 1. The Morgan fingerprint density at radius 2 is 1.61 bits per heavy atom. The van der Waals surface area contributed by atoms with Crippen LogP contribution in [0.1, 0.15) is 48.4 Å². The molecule has 1 atom stereocenters. The van der Waals surface area contributed by atoms with E-state index >= 15 is 0 Å². The molecule has 7 heteroatoms. The molecular formula is C24H24FNO5. The van der Waals surface area contributed by atoms with Gasteiger partial charge in [0.05, 0.1) is 11.6 Å². The topological polar surface area (TPSA) is 94.9 Å². The zero-order chi connectivity index (χ0) is 22.5. The molecule has 1 fully saturated rings. The number of halogens is 1. The summed E-state index contributed by atoms with van der Waals surface area (Å²) < 4.78 is 13.3. The zero-order valence-corrected chi connectivity index (χ0v) is 17.2. The molecule has 0 radical (unpaired) electrons. The second-order valence-corrected chi connectivity index (χ2v) is 7.61. The normalized spacial score (nSPS) is 17.9. The highest BCUT2D eigenvalue weighted by atomic mass is 19.1. The lowest BCUT2D eigenvalue weighted by molar-refractivity contribution is -0.140. The molecule has 0 saturated carbocycles. The fraction of sp³-hybridized carbons (Fsp3) is 0.292. The summed E-state index contributed by atoms with van der Waals surface area (Å²) in [5.41, 5.74) is 1.90. The first-order valence-electron chi connectivity index (χ1n) is 10.1. The van der Waals surface area contributed by atoms with E-state index in [1.165, 1.54) is 29.2 Å². The molecule has 3 rings (SSSR count). The molecule has 1 aliphatic heterocycles. The SMILES string of the molecule is Cc1ccc([C@@H]2C(=C(O)c3ccc(F)cc3)C(=O)C(=O)N2CCCCCC(=O)O)cc1. The third-order valence-corrected chi connectivity index (χ3v) is 5.34. The Bertz CT molecular complexity index is 1010. The largest absolute Gasteiger partial charge is 0.507 e. The third kappa shape index (κ3) is 4.99. The lowest BCUT2D eigenvalue weighted by Gasteiger charge is -2.25. The number of aliphatic carboxylic acids is 1. The van der Waals surface area contributed by atoms with Crippen molar-refractivity contribution < 1.29 is 29.0 Å². The van der Waals surface area contributed by atoms with E-state index in [0.717, 1.165) is 5.56 Å². The Balaban J connectivity index is 1.96. The minimum atomic E-state index is -0.876. The van der Waals surface area contributed by atoms with Gasteiger partial charge < -0.3 is 15.1 Å². The molecular weight excluding hydrogens is 401 g/mol. The number of amides is 1. The summed E-state index contributed by atoms with van der Waals surface area (Å²) in [7, 11) is 0. The Hall–Kier alpha value is -3.48. The number of hydrogen-bond acceptors (Lipinski definition) is 4. The second-order valence-electron chi connectivity index (χ2n) is 7.61. The van der Waals surface area contributed by atoms with E-state index in [1.54, 1.807) is 12.1 Å². The minimum absolute atomic E-state index is 0.0361. The molecule has 0 bridgehead atoms. The standard InChI is InChI=1S/C24H24FNO5/c1-15-6-8-16(9-7-15)21-20(22(29)17-10-12-18(25)13-11-17)23(30)24(31)26(21)14-4-2-3-5-19(27)28/h6-13,21,29H,2-5,14H2,1H3,(H,27,28)/t21-/m1/s1. The van der Waals surface area contributed by atoms with Gasteiger partial charge in [0.1, 0.15) is 11.6 Å². The number of benzene rings is 2. The van der Waals surface area contributed by atoms with Gasteiger partial charge in [0.15, 0.2) is 0 Å². The molecule has 1 heterocycles. The molecule has 162 valence electrons. The Morgan fingerprint density at radius 3 is 2.23 bits per heavy atom. The fourth-order valence-corrected chi connectivity index (χ4v) is 3.70. The van der Waals surface area contributed by atoms with Crippen LogP contribution >= 0.6 is 0 Å². The monoisotopic (exact) mass is 425 g/mol. The van der Waals surface area contributed by atoms with Crippen LogP contribution in [0.4, 0.5) is 4.39 Å². The van der Waals surface area contributed by atoms with Gasteiger partial charge in [-0.05, 0) is 49.6 Å². The van der Waals surface area contributed by atoms with Gasteiger partial charge >= 0.3 is 5.97 Å². The molecule has 1 amide bonds. The van der Waals surface area contributed by atoms with Gasteiger partial charge in [0, 0.05) is 18.5 Å². The number of carboxylic acid groups (broad SMARTS) is 1.